The van der Waals surface area contributed by atoms with E-state index >= 15 is 0 Å². The molecule has 3 atom stereocenters. The molecule has 1 rings (SSSR count). The number of nitrogens with one attached hydrogen (secondary N) is 1. The van der Waals surface area contributed by atoms with Crippen LogP contribution in [0, 0.1) is 5.41 Å². The van der Waals surface area contributed by atoms with E-state index in [0.29, 0.717) is 12.5 Å². The molecule has 1 fully saturated rings. The largest absolute Gasteiger partial charge is 0.388 e. The zero-order valence-corrected chi connectivity index (χ0v) is 9.99. The van der Waals surface area contributed by atoms with Crippen LogP contribution in [0.2, 0.25) is 0 Å². The van der Waals surface area contributed by atoms with Gasteiger partial charge in [-0.15, -0.1) is 0 Å². The van der Waals surface area contributed by atoms with Gasteiger partial charge in [0.05, 0.1) is 18.0 Å². The number of nitrogens with zero attached hydrogens (tertiary/aromatic N) is 1. The molecule has 1 heterocycles. The van der Waals surface area contributed by atoms with E-state index in [-0.39, 0.29) is 18.0 Å². The van der Waals surface area contributed by atoms with Crippen molar-refractivity contribution in [3.63, 3.8) is 0 Å². The molecule has 15 heavy (non-hydrogen) atoms. The number of hydrogen-bond donors (Lipinski definition) is 2. The molecule has 0 aromatic heterocycles. The number of amidine groups is 1. The third-order valence-corrected chi connectivity index (χ3v) is 2.89. The van der Waals surface area contributed by atoms with Gasteiger partial charge in [0.2, 0.25) is 0 Å². The Kier molecular flexibility index (Phi) is 4.54. The molecule has 0 amide bonds. The second kappa shape index (κ2) is 5.47. The van der Waals surface area contributed by atoms with Gasteiger partial charge in [-0.05, 0) is 20.3 Å². The minimum atomic E-state index is 0.286. The van der Waals surface area contributed by atoms with Gasteiger partial charge < -0.3 is 10.5 Å². The summed E-state index contributed by atoms with van der Waals surface area (Å²) in [6.45, 7) is 8.26. The number of hydrogen-bond acceptors (Lipinski definition) is 3. The first kappa shape index (κ1) is 12.5. The summed E-state index contributed by atoms with van der Waals surface area (Å²) in [4.78, 5) is 2.40. The summed E-state index contributed by atoms with van der Waals surface area (Å²) in [5.74, 6) is 0.286. The first-order valence-electron chi connectivity index (χ1n) is 5.75. The van der Waals surface area contributed by atoms with Crippen LogP contribution in [-0.4, -0.2) is 42.1 Å². The zero-order chi connectivity index (χ0) is 11.4. The summed E-state index contributed by atoms with van der Waals surface area (Å²) in [7, 11) is 0. The van der Waals surface area contributed by atoms with Crippen LogP contribution in [0.15, 0.2) is 0 Å². The average molecular weight is 213 g/mol. The lowest BCUT2D eigenvalue weighted by atomic mass is 10.1. The van der Waals surface area contributed by atoms with Crippen LogP contribution < -0.4 is 5.73 Å². The summed E-state index contributed by atoms with van der Waals surface area (Å²) in [5.41, 5.74) is 5.47. The van der Waals surface area contributed by atoms with Gasteiger partial charge in [-0.2, -0.15) is 0 Å². The van der Waals surface area contributed by atoms with Gasteiger partial charge in [0.15, 0.2) is 0 Å². The molecule has 0 aromatic carbocycles. The van der Waals surface area contributed by atoms with E-state index in [2.05, 4.69) is 25.7 Å². The molecular weight excluding hydrogens is 190 g/mol. The third kappa shape index (κ3) is 3.80. The van der Waals surface area contributed by atoms with Crippen molar-refractivity contribution in [1.29, 1.82) is 5.41 Å². The van der Waals surface area contributed by atoms with E-state index in [9.17, 15) is 0 Å². The van der Waals surface area contributed by atoms with Crippen LogP contribution in [0.1, 0.15) is 33.6 Å². The summed E-state index contributed by atoms with van der Waals surface area (Å²) in [5, 5.41) is 7.37. The molecule has 3 unspecified atom stereocenters. The Hall–Kier alpha value is -0.610. The molecule has 0 spiro atoms. The summed E-state index contributed by atoms with van der Waals surface area (Å²) in [6, 6.07) is 0.399. The fourth-order valence-corrected chi connectivity index (χ4v) is 2.30. The lowest BCUT2D eigenvalue weighted by Gasteiger charge is -2.39. The van der Waals surface area contributed by atoms with Crippen LogP contribution in [0.25, 0.3) is 0 Å². The quantitative estimate of drug-likeness (QED) is 0.545. The molecule has 4 nitrogen and oxygen atoms in total. The fraction of sp³-hybridized carbons (Fsp3) is 0.909. The van der Waals surface area contributed by atoms with Gasteiger partial charge in [0.1, 0.15) is 0 Å². The van der Waals surface area contributed by atoms with E-state index < -0.39 is 0 Å². The van der Waals surface area contributed by atoms with Gasteiger partial charge >= 0.3 is 0 Å². The highest BCUT2D eigenvalue weighted by Crippen LogP contribution is 2.17. The molecule has 0 saturated carbocycles. The summed E-state index contributed by atoms with van der Waals surface area (Å²) in [6.07, 6.45) is 2.29. The lowest BCUT2D eigenvalue weighted by molar-refractivity contribution is -0.0799. The Morgan fingerprint density at radius 2 is 2.00 bits per heavy atom. The molecule has 0 aliphatic carbocycles. The van der Waals surface area contributed by atoms with E-state index in [0.717, 1.165) is 19.5 Å². The van der Waals surface area contributed by atoms with E-state index in [1.807, 2.05) is 0 Å². The lowest BCUT2D eigenvalue weighted by Crippen LogP contribution is -2.50. The minimum absolute atomic E-state index is 0.286. The smallest absolute Gasteiger partial charge is 0.0921 e. The van der Waals surface area contributed by atoms with Crippen LogP contribution in [0.5, 0.6) is 0 Å². The second-order valence-electron chi connectivity index (χ2n) is 4.50. The van der Waals surface area contributed by atoms with Crippen molar-refractivity contribution in [3.8, 4) is 0 Å². The Labute approximate surface area is 92.3 Å². The highest BCUT2D eigenvalue weighted by Gasteiger charge is 2.27. The summed E-state index contributed by atoms with van der Waals surface area (Å²) >= 11 is 0. The normalized spacial score (nSPS) is 30.1. The number of ether oxygens (including phenoxy) is 1. The zero-order valence-electron chi connectivity index (χ0n) is 9.99. The topological polar surface area (TPSA) is 62.3 Å². The number of morpholine rings is 1. The monoisotopic (exact) mass is 213 g/mol. The maximum Gasteiger partial charge on any atom is 0.0921 e. The van der Waals surface area contributed by atoms with E-state index in [4.69, 9.17) is 15.9 Å². The van der Waals surface area contributed by atoms with Crippen molar-refractivity contribution in [3.05, 3.63) is 0 Å². The van der Waals surface area contributed by atoms with E-state index in [1.165, 1.54) is 0 Å². The Morgan fingerprint density at radius 3 is 2.40 bits per heavy atom. The van der Waals surface area contributed by atoms with Gasteiger partial charge in [0.25, 0.3) is 0 Å². The van der Waals surface area contributed by atoms with Gasteiger partial charge in [-0.3, -0.25) is 10.3 Å². The third-order valence-electron chi connectivity index (χ3n) is 2.89. The van der Waals surface area contributed by atoms with Gasteiger partial charge in [-0.1, -0.05) is 6.92 Å². The molecule has 0 radical (unpaired) electrons. The maximum absolute atomic E-state index is 7.37. The van der Waals surface area contributed by atoms with Crippen LogP contribution in [0.3, 0.4) is 0 Å². The highest BCUT2D eigenvalue weighted by atomic mass is 16.5. The van der Waals surface area contributed by atoms with Crippen LogP contribution in [-0.2, 0) is 4.74 Å². The Balaban J connectivity index is 2.54. The maximum atomic E-state index is 7.37. The first-order chi connectivity index (χ1) is 7.02. The van der Waals surface area contributed by atoms with Crippen LogP contribution in [0.4, 0.5) is 0 Å². The molecule has 88 valence electrons. The van der Waals surface area contributed by atoms with Crippen molar-refractivity contribution in [2.75, 3.05) is 13.1 Å². The molecular formula is C11H23N3O. The number of rotatable bonds is 4. The molecule has 3 N–H and O–H groups in total. The first-order valence-corrected chi connectivity index (χ1v) is 5.75. The molecule has 0 bridgehead atoms. The van der Waals surface area contributed by atoms with Gasteiger partial charge in [0, 0.05) is 25.6 Å². The van der Waals surface area contributed by atoms with Crippen molar-refractivity contribution in [2.45, 2.75) is 51.9 Å². The molecule has 1 aliphatic rings. The van der Waals surface area contributed by atoms with Crippen molar-refractivity contribution in [1.82, 2.24) is 4.90 Å². The van der Waals surface area contributed by atoms with Crippen LogP contribution >= 0.6 is 0 Å². The van der Waals surface area contributed by atoms with Crippen molar-refractivity contribution >= 4 is 5.84 Å². The predicted octanol–water partition coefficient (Wildman–Crippen LogP) is 1.20. The Morgan fingerprint density at radius 1 is 1.47 bits per heavy atom. The molecule has 1 aliphatic heterocycles. The molecule has 4 heteroatoms. The second-order valence-corrected chi connectivity index (χ2v) is 4.50. The number of nitrogens with two attached hydrogens (primary N) is 1. The fourth-order valence-electron chi connectivity index (χ4n) is 2.30. The predicted molar refractivity (Wildman–Crippen MR) is 62.2 cm³/mol. The van der Waals surface area contributed by atoms with Gasteiger partial charge in [-0.25, -0.2) is 0 Å². The average Bonchev–Trinajstić information content (AvgIpc) is 2.12. The van der Waals surface area contributed by atoms with Crippen molar-refractivity contribution in [2.24, 2.45) is 5.73 Å². The standard InChI is InChI=1S/C11H23N3O/c1-4-10(5-11(12)13)14-6-8(2)15-9(3)7-14/h8-10H,4-7H2,1-3H3,(H3,12,13). The highest BCUT2D eigenvalue weighted by molar-refractivity contribution is 5.77. The molecule has 1 saturated heterocycles. The van der Waals surface area contributed by atoms with Crippen molar-refractivity contribution < 1.29 is 4.74 Å². The minimum Gasteiger partial charge on any atom is -0.388 e. The van der Waals surface area contributed by atoms with E-state index in [1.54, 1.807) is 0 Å². The SMILES string of the molecule is CCC(CC(=N)N)N1CC(C)OC(C)C1. The Bertz CT molecular complexity index is 210. The molecule has 0 aromatic rings. The summed E-state index contributed by atoms with van der Waals surface area (Å²) < 4.78 is 5.69.